The van der Waals surface area contributed by atoms with Gasteiger partial charge in [-0.25, -0.2) is 4.79 Å². The molecular weight excluding hydrogens is 216 g/mol. The quantitative estimate of drug-likeness (QED) is 0.818. The second kappa shape index (κ2) is 5.21. The lowest BCUT2D eigenvalue weighted by Crippen LogP contribution is -2.04. The van der Waals surface area contributed by atoms with E-state index < -0.39 is 0 Å². The van der Waals surface area contributed by atoms with Crippen molar-refractivity contribution in [1.29, 1.82) is 0 Å². The normalized spacial score (nSPS) is 16.1. The lowest BCUT2D eigenvalue weighted by molar-refractivity contribution is 0.0600. The molecule has 1 aliphatic carbocycles. The van der Waals surface area contributed by atoms with Gasteiger partial charge in [-0.15, -0.1) is 0 Å². The maximum atomic E-state index is 11.4. The molecule has 0 unspecified atom stereocenters. The molecule has 1 saturated carbocycles. The Balaban J connectivity index is 2.16. The van der Waals surface area contributed by atoms with E-state index in [-0.39, 0.29) is 11.7 Å². The Bertz CT molecular complexity index is 406. The Morgan fingerprint density at radius 1 is 1.41 bits per heavy atom. The van der Waals surface area contributed by atoms with Crippen molar-refractivity contribution in [3.8, 4) is 5.75 Å². The van der Waals surface area contributed by atoms with Crippen molar-refractivity contribution in [3.63, 3.8) is 0 Å². The van der Waals surface area contributed by atoms with Crippen LogP contribution in [-0.4, -0.2) is 18.2 Å². The van der Waals surface area contributed by atoms with E-state index >= 15 is 0 Å². The highest BCUT2D eigenvalue weighted by molar-refractivity contribution is 5.89. The molecule has 3 nitrogen and oxygen atoms in total. The van der Waals surface area contributed by atoms with E-state index in [1.54, 1.807) is 18.2 Å². The van der Waals surface area contributed by atoms with E-state index in [9.17, 15) is 9.90 Å². The second-order valence-electron chi connectivity index (χ2n) is 4.69. The summed E-state index contributed by atoms with van der Waals surface area (Å²) in [6, 6.07) is 4.93. The van der Waals surface area contributed by atoms with Gasteiger partial charge in [0.2, 0.25) is 0 Å². The molecule has 0 heterocycles. The molecule has 0 saturated heterocycles. The van der Waals surface area contributed by atoms with Crippen LogP contribution in [0, 0.1) is 5.92 Å². The average Bonchev–Trinajstić information content (AvgIpc) is 2.84. The summed E-state index contributed by atoms with van der Waals surface area (Å²) in [5.74, 6) is 0.580. The molecule has 92 valence electrons. The number of esters is 1. The summed E-state index contributed by atoms with van der Waals surface area (Å²) >= 11 is 0. The maximum Gasteiger partial charge on any atom is 0.337 e. The van der Waals surface area contributed by atoms with Crippen molar-refractivity contribution < 1.29 is 14.6 Å². The molecule has 0 amide bonds. The standard InChI is InChI=1S/C14H18O3/c1-17-14(16)11-6-7-13(15)12(9-11)8-10-4-2-3-5-10/h6-7,9-10,15H,2-5,8H2,1H3. The van der Waals surface area contributed by atoms with Gasteiger partial charge >= 0.3 is 5.97 Å². The van der Waals surface area contributed by atoms with Gasteiger partial charge in [-0.05, 0) is 36.1 Å². The van der Waals surface area contributed by atoms with E-state index in [4.69, 9.17) is 0 Å². The number of methoxy groups -OCH3 is 1. The molecule has 0 spiro atoms. The third-order valence-electron chi connectivity index (χ3n) is 3.48. The van der Waals surface area contributed by atoms with Crippen LogP contribution in [-0.2, 0) is 11.2 Å². The fourth-order valence-corrected chi connectivity index (χ4v) is 2.52. The molecule has 1 aliphatic rings. The monoisotopic (exact) mass is 234 g/mol. The minimum absolute atomic E-state index is 0.282. The molecule has 17 heavy (non-hydrogen) atoms. The third kappa shape index (κ3) is 2.78. The summed E-state index contributed by atoms with van der Waals surface area (Å²) < 4.78 is 4.68. The zero-order valence-electron chi connectivity index (χ0n) is 10.1. The summed E-state index contributed by atoms with van der Waals surface area (Å²) in [4.78, 5) is 11.4. The maximum absolute atomic E-state index is 11.4. The highest BCUT2D eigenvalue weighted by Gasteiger charge is 2.18. The van der Waals surface area contributed by atoms with Crippen LogP contribution < -0.4 is 0 Å². The number of carbonyl (C=O) groups excluding carboxylic acids is 1. The van der Waals surface area contributed by atoms with Crippen LogP contribution in [0.3, 0.4) is 0 Å². The molecule has 0 atom stereocenters. The first-order valence-corrected chi connectivity index (χ1v) is 6.11. The minimum Gasteiger partial charge on any atom is -0.508 e. The van der Waals surface area contributed by atoms with Gasteiger partial charge in [-0.3, -0.25) is 0 Å². The zero-order chi connectivity index (χ0) is 12.3. The third-order valence-corrected chi connectivity index (χ3v) is 3.48. The first kappa shape index (κ1) is 12.0. The number of carbonyl (C=O) groups is 1. The van der Waals surface area contributed by atoms with Gasteiger partial charge in [0.15, 0.2) is 0 Å². The highest BCUT2D eigenvalue weighted by Crippen LogP contribution is 2.31. The van der Waals surface area contributed by atoms with Crippen LogP contribution >= 0.6 is 0 Å². The SMILES string of the molecule is COC(=O)c1ccc(O)c(CC2CCCC2)c1. The molecule has 0 bridgehead atoms. The topological polar surface area (TPSA) is 46.5 Å². The number of rotatable bonds is 3. The van der Waals surface area contributed by atoms with E-state index in [0.29, 0.717) is 11.5 Å². The molecule has 2 rings (SSSR count). The van der Waals surface area contributed by atoms with Crippen molar-refractivity contribution in [3.05, 3.63) is 29.3 Å². The van der Waals surface area contributed by atoms with E-state index in [1.807, 2.05) is 0 Å². The van der Waals surface area contributed by atoms with Crippen LogP contribution in [0.4, 0.5) is 0 Å². The van der Waals surface area contributed by atoms with Gasteiger partial charge < -0.3 is 9.84 Å². The Hall–Kier alpha value is -1.51. The fraction of sp³-hybridized carbons (Fsp3) is 0.500. The lowest BCUT2D eigenvalue weighted by Gasteiger charge is -2.11. The number of hydrogen-bond donors (Lipinski definition) is 1. The van der Waals surface area contributed by atoms with Gasteiger partial charge in [0.05, 0.1) is 12.7 Å². The van der Waals surface area contributed by atoms with Gasteiger partial charge in [0.25, 0.3) is 0 Å². The van der Waals surface area contributed by atoms with Crippen molar-refractivity contribution >= 4 is 5.97 Å². The summed E-state index contributed by atoms with van der Waals surface area (Å²) in [6.07, 6.45) is 5.87. The number of hydrogen-bond acceptors (Lipinski definition) is 3. The van der Waals surface area contributed by atoms with Gasteiger partial charge in [-0.1, -0.05) is 25.7 Å². The first-order valence-electron chi connectivity index (χ1n) is 6.11. The number of ether oxygens (including phenoxy) is 1. The number of aromatic hydroxyl groups is 1. The predicted octanol–water partition coefficient (Wildman–Crippen LogP) is 2.91. The van der Waals surface area contributed by atoms with Crippen molar-refractivity contribution in [2.75, 3.05) is 7.11 Å². The smallest absolute Gasteiger partial charge is 0.337 e. The second-order valence-corrected chi connectivity index (χ2v) is 4.69. The Labute approximate surface area is 101 Å². The molecule has 0 radical (unpaired) electrons. The Morgan fingerprint density at radius 3 is 2.76 bits per heavy atom. The van der Waals surface area contributed by atoms with Crippen molar-refractivity contribution in [1.82, 2.24) is 0 Å². The summed E-state index contributed by atoms with van der Waals surface area (Å²) in [5, 5.41) is 9.80. The molecule has 0 aliphatic heterocycles. The molecular formula is C14H18O3. The molecule has 1 aromatic carbocycles. The Morgan fingerprint density at radius 2 is 2.12 bits per heavy atom. The Kier molecular flexibility index (Phi) is 3.67. The van der Waals surface area contributed by atoms with Crippen LogP contribution in [0.2, 0.25) is 0 Å². The van der Waals surface area contributed by atoms with E-state index in [0.717, 1.165) is 12.0 Å². The van der Waals surface area contributed by atoms with Gasteiger partial charge in [-0.2, -0.15) is 0 Å². The van der Waals surface area contributed by atoms with Crippen LogP contribution in [0.5, 0.6) is 5.75 Å². The minimum atomic E-state index is -0.349. The first-order chi connectivity index (χ1) is 8.20. The van der Waals surface area contributed by atoms with Crippen LogP contribution in [0.1, 0.15) is 41.6 Å². The van der Waals surface area contributed by atoms with Crippen molar-refractivity contribution in [2.24, 2.45) is 5.92 Å². The molecule has 1 fully saturated rings. The lowest BCUT2D eigenvalue weighted by atomic mass is 9.96. The van der Waals surface area contributed by atoms with Gasteiger partial charge in [0, 0.05) is 0 Å². The summed E-state index contributed by atoms with van der Waals surface area (Å²) in [7, 11) is 1.37. The fourth-order valence-electron chi connectivity index (χ4n) is 2.52. The molecule has 1 aromatic rings. The zero-order valence-corrected chi connectivity index (χ0v) is 10.1. The average molecular weight is 234 g/mol. The molecule has 3 heteroatoms. The van der Waals surface area contributed by atoms with E-state index in [1.165, 1.54) is 32.8 Å². The summed E-state index contributed by atoms with van der Waals surface area (Å²) in [5.41, 5.74) is 1.37. The van der Waals surface area contributed by atoms with Crippen LogP contribution in [0.15, 0.2) is 18.2 Å². The highest BCUT2D eigenvalue weighted by atomic mass is 16.5. The molecule has 1 N–H and O–H groups in total. The number of phenols is 1. The van der Waals surface area contributed by atoms with E-state index in [2.05, 4.69) is 4.74 Å². The largest absolute Gasteiger partial charge is 0.508 e. The summed E-state index contributed by atoms with van der Waals surface area (Å²) in [6.45, 7) is 0. The van der Waals surface area contributed by atoms with Gasteiger partial charge in [0.1, 0.15) is 5.75 Å². The predicted molar refractivity (Wildman–Crippen MR) is 65.1 cm³/mol. The van der Waals surface area contributed by atoms with Crippen molar-refractivity contribution in [2.45, 2.75) is 32.1 Å². The molecule has 0 aromatic heterocycles. The number of benzene rings is 1. The van der Waals surface area contributed by atoms with Crippen LogP contribution in [0.25, 0.3) is 0 Å². The number of phenolic OH excluding ortho intramolecular Hbond substituents is 1.